The first-order chi connectivity index (χ1) is 9.47. The molecule has 0 aromatic heterocycles. The second kappa shape index (κ2) is 8.87. The van der Waals surface area contributed by atoms with E-state index in [1.165, 1.54) is 11.8 Å². The monoisotopic (exact) mass is 314 g/mol. The van der Waals surface area contributed by atoms with Gasteiger partial charge in [-0.15, -0.1) is 11.8 Å². The molecule has 3 amide bonds. The van der Waals surface area contributed by atoms with Crippen LogP contribution in [0.3, 0.4) is 0 Å². The number of hydrogen-bond acceptors (Lipinski definition) is 3. The van der Waals surface area contributed by atoms with Gasteiger partial charge in [-0.05, 0) is 36.6 Å². The maximum absolute atomic E-state index is 11.6. The van der Waals surface area contributed by atoms with Crippen molar-refractivity contribution < 1.29 is 9.59 Å². The number of thioether (sulfide) groups is 1. The van der Waals surface area contributed by atoms with Crippen molar-refractivity contribution in [3.8, 4) is 0 Å². The van der Waals surface area contributed by atoms with Crippen LogP contribution in [0.5, 0.6) is 0 Å². The lowest BCUT2D eigenvalue weighted by Gasteiger charge is -2.08. The molecular weight excluding hydrogens is 296 g/mol. The van der Waals surface area contributed by atoms with E-state index in [0.717, 1.165) is 11.3 Å². The Kier molecular flexibility index (Phi) is 7.47. The fourth-order valence-corrected chi connectivity index (χ4v) is 2.19. The van der Waals surface area contributed by atoms with E-state index in [1.807, 2.05) is 12.1 Å². The molecule has 0 bridgehead atoms. The van der Waals surface area contributed by atoms with E-state index in [4.69, 9.17) is 11.6 Å². The minimum Gasteiger partial charge on any atom is -0.338 e. The van der Waals surface area contributed by atoms with Crippen LogP contribution in [0, 0.1) is 5.92 Å². The Bertz CT molecular complexity index is 449. The van der Waals surface area contributed by atoms with Gasteiger partial charge in [-0.1, -0.05) is 25.4 Å². The second-order valence-corrected chi connectivity index (χ2v) is 6.21. The standard InChI is InChI=1S/C14H19ClN2O2S/c1-10(2)7-8-16-14(19)17-13(18)9-20-12-5-3-11(15)4-6-12/h3-6,10H,7-9H2,1-2H3,(H2,16,17,18,19). The Labute approximate surface area is 128 Å². The molecule has 0 radical (unpaired) electrons. The highest BCUT2D eigenvalue weighted by molar-refractivity contribution is 8.00. The molecule has 0 unspecified atom stereocenters. The molecular formula is C14H19ClN2O2S. The summed E-state index contributed by atoms with van der Waals surface area (Å²) in [5, 5.41) is 5.61. The molecule has 2 N–H and O–H groups in total. The smallest absolute Gasteiger partial charge is 0.321 e. The molecule has 1 aromatic rings. The summed E-state index contributed by atoms with van der Waals surface area (Å²) >= 11 is 7.13. The lowest BCUT2D eigenvalue weighted by molar-refractivity contribution is -0.117. The molecule has 0 spiro atoms. The highest BCUT2D eigenvalue weighted by Crippen LogP contribution is 2.19. The van der Waals surface area contributed by atoms with E-state index in [1.54, 1.807) is 12.1 Å². The number of urea groups is 1. The SMILES string of the molecule is CC(C)CCNC(=O)NC(=O)CSc1ccc(Cl)cc1. The predicted octanol–water partition coefficient (Wildman–Crippen LogP) is 3.30. The molecule has 0 atom stereocenters. The van der Waals surface area contributed by atoms with Crippen LogP contribution in [0.2, 0.25) is 5.02 Å². The first kappa shape index (κ1) is 16.9. The van der Waals surface area contributed by atoms with Gasteiger partial charge in [0.05, 0.1) is 5.75 Å². The minimum absolute atomic E-state index is 0.194. The van der Waals surface area contributed by atoms with Crippen LogP contribution in [0.15, 0.2) is 29.2 Å². The van der Waals surface area contributed by atoms with Gasteiger partial charge in [0, 0.05) is 16.5 Å². The van der Waals surface area contributed by atoms with Crippen molar-refractivity contribution in [2.45, 2.75) is 25.2 Å². The van der Waals surface area contributed by atoms with Crippen molar-refractivity contribution in [3.63, 3.8) is 0 Å². The van der Waals surface area contributed by atoms with Gasteiger partial charge >= 0.3 is 6.03 Å². The molecule has 0 heterocycles. The number of benzene rings is 1. The summed E-state index contributed by atoms with van der Waals surface area (Å²) < 4.78 is 0. The van der Waals surface area contributed by atoms with Crippen molar-refractivity contribution in [2.24, 2.45) is 5.92 Å². The number of carbonyl (C=O) groups excluding carboxylic acids is 2. The summed E-state index contributed by atoms with van der Waals surface area (Å²) in [5.41, 5.74) is 0. The van der Waals surface area contributed by atoms with Gasteiger partial charge in [0.1, 0.15) is 0 Å². The fraction of sp³-hybridized carbons (Fsp3) is 0.429. The van der Waals surface area contributed by atoms with E-state index in [0.29, 0.717) is 17.5 Å². The molecule has 6 heteroatoms. The van der Waals surface area contributed by atoms with E-state index in [9.17, 15) is 9.59 Å². The third kappa shape index (κ3) is 7.40. The zero-order valence-corrected chi connectivity index (χ0v) is 13.2. The third-order valence-electron chi connectivity index (χ3n) is 2.44. The molecule has 1 aromatic carbocycles. The number of hydrogen-bond donors (Lipinski definition) is 2. The number of rotatable bonds is 6. The van der Waals surface area contributed by atoms with Crippen molar-refractivity contribution >= 4 is 35.3 Å². The van der Waals surface area contributed by atoms with E-state index in [2.05, 4.69) is 24.5 Å². The van der Waals surface area contributed by atoms with Crippen LogP contribution in [0.4, 0.5) is 4.79 Å². The molecule has 0 aliphatic heterocycles. The summed E-state index contributed by atoms with van der Waals surface area (Å²) in [6.45, 7) is 4.72. The molecule has 0 saturated carbocycles. The lowest BCUT2D eigenvalue weighted by Crippen LogP contribution is -2.40. The van der Waals surface area contributed by atoms with Crippen LogP contribution in [0.25, 0.3) is 0 Å². The summed E-state index contributed by atoms with van der Waals surface area (Å²) in [6.07, 6.45) is 0.890. The van der Waals surface area contributed by atoms with Gasteiger partial charge in [-0.3, -0.25) is 10.1 Å². The Morgan fingerprint density at radius 1 is 1.25 bits per heavy atom. The van der Waals surface area contributed by atoms with Crippen molar-refractivity contribution in [2.75, 3.05) is 12.3 Å². The van der Waals surface area contributed by atoms with Crippen molar-refractivity contribution in [1.82, 2.24) is 10.6 Å². The highest BCUT2D eigenvalue weighted by Gasteiger charge is 2.08. The van der Waals surface area contributed by atoms with Gasteiger partial charge in [-0.2, -0.15) is 0 Å². The third-order valence-corrected chi connectivity index (χ3v) is 3.71. The molecule has 4 nitrogen and oxygen atoms in total. The summed E-state index contributed by atoms with van der Waals surface area (Å²) in [7, 11) is 0. The summed E-state index contributed by atoms with van der Waals surface area (Å²) in [5.74, 6) is 0.401. The Morgan fingerprint density at radius 2 is 1.90 bits per heavy atom. The zero-order valence-electron chi connectivity index (χ0n) is 11.6. The van der Waals surface area contributed by atoms with Gasteiger partial charge < -0.3 is 5.32 Å². The maximum atomic E-state index is 11.6. The quantitative estimate of drug-likeness (QED) is 0.792. The molecule has 1 rings (SSSR count). The number of amides is 3. The van der Waals surface area contributed by atoms with Gasteiger partial charge in [0.15, 0.2) is 0 Å². The van der Waals surface area contributed by atoms with Crippen LogP contribution in [-0.4, -0.2) is 24.2 Å². The molecule has 0 aliphatic carbocycles. The first-order valence-corrected chi connectivity index (χ1v) is 7.80. The van der Waals surface area contributed by atoms with E-state index < -0.39 is 6.03 Å². The van der Waals surface area contributed by atoms with Crippen LogP contribution in [0.1, 0.15) is 20.3 Å². The predicted molar refractivity (Wildman–Crippen MR) is 83.2 cm³/mol. The average Bonchev–Trinajstić information content (AvgIpc) is 2.37. The Morgan fingerprint density at radius 3 is 2.50 bits per heavy atom. The van der Waals surface area contributed by atoms with Crippen LogP contribution >= 0.6 is 23.4 Å². The molecule has 110 valence electrons. The van der Waals surface area contributed by atoms with Gasteiger partial charge in [0.2, 0.25) is 5.91 Å². The molecule has 0 fully saturated rings. The van der Waals surface area contributed by atoms with E-state index in [-0.39, 0.29) is 11.7 Å². The molecule has 0 saturated heterocycles. The number of halogens is 1. The topological polar surface area (TPSA) is 58.2 Å². The van der Waals surface area contributed by atoms with Crippen LogP contribution < -0.4 is 10.6 Å². The first-order valence-electron chi connectivity index (χ1n) is 6.43. The Hall–Kier alpha value is -1.20. The normalized spacial score (nSPS) is 10.4. The summed E-state index contributed by atoms with van der Waals surface area (Å²) in [4.78, 5) is 23.9. The maximum Gasteiger partial charge on any atom is 0.321 e. The lowest BCUT2D eigenvalue weighted by atomic mass is 10.1. The number of carbonyl (C=O) groups is 2. The molecule has 20 heavy (non-hydrogen) atoms. The fourth-order valence-electron chi connectivity index (χ4n) is 1.36. The van der Waals surface area contributed by atoms with Crippen molar-refractivity contribution in [1.29, 1.82) is 0 Å². The van der Waals surface area contributed by atoms with Crippen LogP contribution in [-0.2, 0) is 4.79 Å². The molecule has 0 aliphatic rings. The summed E-state index contributed by atoms with van der Waals surface area (Å²) in [6, 6.07) is 6.76. The van der Waals surface area contributed by atoms with E-state index >= 15 is 0 Å². The van der Waals surface area contributed by atoms with Gasteiger partial charge in [0.25, 0.3) is 0 Å². The Balaban J connectivity index is 2.22. The largest absolute Gasteiger partial charge is 0.338 e. The van der Waals surface area contributed by atoms with Gasteiger partial charge in [-0.25, -0.2) is 4.79 Å². The number of nitrogens with one attached hydrogen (secondary N) is 2. The number of imide groups is 1. The highest BCUT2D eigenvalue weighted by atomic mass is 35.5. The minimum atomic E-state index is -0.438. The zero-order chi connectivity index (χ0) is 15.0. The second-order valence-electron chi connectivity index (χ2n) is 4.73. The van der Waals surface area contributed by atoms with Crippen molar-refractivity contribution in [3.05, 3.63) is 29.3 Å². The average molecular weight is 315 g/mol.